The lowest BCUT2D eigenvalue weighted by Gasteiger charge is -2.16. The Labute approximate surface area is 139 Å². The van der Waals surface area contributed by atoms with Gasteiger partial charge in [0.1, 0.15) is 5.75 Å². The van der Waals surface area contributed by atoms with E-state index in [0.717, 1.165) is 30.6 Å². The maximum Gasteiger partial charge on any atom is 0.244 e. The predicted molar refractivity (Wildman–Crippen MR) is 94.7 cm³/mol. The molecule has 23 heavy (non-hydrogen) atoms. The molecule has 1 saturated heterocycles. The summed E-state index contributed by atoms with van der Waals surface area (Å²) >= 11 is 1.73. The molecule has 3 N–H and O–H groups in total. The van der Waals surface area contributed by atoms with E-state index in [0.29, 0.717) is 0 Å². The van der Waals surface area contributed by atoms with Gasteiger partial charge in [-0.3, -0.25) is 4.79 Å². The number of nitrogens with zero attached hydrogens (tertiary/aromatic N) is 1. The van der Waals surface area contributed by atoms with Crippen molar-refractivity contribution in [1.82, 2.24) is 0 Å². The molecule has 2 aromatic rings. The fourth-order valence-corrected chi connectivity index (χ4v) is 4.12. The van der Waals surface area contributed by atoms with Gasteiger partial charge in [-0.15, -0.1) is 11.3 Å². The van der Waals surface area contributed by atoms with Gasteiger partial charge in [-0.25, -0.2) is 0 Å². The molecule has 2 heterocycles. The molecule has 5 heteroatoms. The van der Waals surface area contributed by atoms with Crippen LogP contribution < -0.4 is 10.6 Å². The molecule has 1 fully saturated rings. The SMILES string of the molecule is C/C=C(\C(N)=O)C1CCN(c2ccc(-c3ccc(O)cc3)s2)C1. The van der Waals surface area contributed by atoms with Crippen molar-refractivity contribution in [2.45, 2.75) is 13.3 Å². The van der Waals surface area contributed by atoms with Gasteiger partial charge in [-0.2, -0.15) is 0 Å². The lowest BCUT2D eigenvalue weighted by Crippen LogP contribution is -2.24. The van der Waals surface area contributed by atoms with E-state index in [-0.39, 0.29) is 17.6 Å². The Kier molecular flexibility index (Phi) is 4.39. The van der Waals surface area contributed by atoms with E-state index in [1.54, 1.807) is 23.5 Å². The first kappa shape index (κ1) is 15.6. The van der Waals surface area contributed by atoms with Crippen molar-refractivity contribution in [1.29, 1.82) is 0 Å². The summed E-state index contributed by atoms with van der Waals surface area (Å²) in [6, 6.07) is 11.5. The number of amides is 1. The van der Waals surface area contributed by atoms with Gasteiger partial charge < -0.3 is 15.7 Å². The van der Waals surface area contributed by atoms with Crippen molar-refractivity contribution in [2.24, 2.45) is 11.7 Å². The monoisotopic (exact) mass is 328 g/mol. The molecule has 1 unspecified atom stereocenters. The molecule has 1 amide bonds. The molecular weight excluding hydrogens is 308 g/mol. The average Bonchev–Trinajstić information content (AvgIpc) is 3.17. The highest BCUT2D eigenvalue weighted by atomic mass is 32.1. The van der Waals surface area contributed by atoms with Crippen LogP contribution in [-0.2, 0) is 4.79 Å². The fourth-order valence-electron chi connectivity index (χ4n) is 3.07. The number of nitrogens with two attached hydrogens (primary N) is 1. The van der Waals surface area contributed by atoms with Crippen molar-refractivity contribution >= 4 is 22.2 Å². The van der Waals surface area contributed by atoms with E-state index in [4.69, 9.17) is 5.73 Å². The maximum absolute atomic E-state index is 11.5. The quantitative estimate of drug-likeness (QED) is 0.846. The molecule has 1 atom stereocenters. The molecule has 0 radical (unpaired) electrons. The van der Waals surface area contributed by atoms with Crippen LogP contribution in [0.2, 0.25) is 0 Å². The van der Waals surface area contributed by atoms with E-state index >= 15 is 0 Å². The standard InChI is InChI=1S/C18H20N2O2S/c1-2-15(18(19)22)13-9-10-20(11-13)17-8-7-16(23-17)12-3-5-14(21)6-4-12/h2-8,13,21H,9-11H2,1H3,(H2,19,22)/b15-2-. The Bertz CT molecular complexity index is 734. The van der Waals surface area contributed by atoms with Gasteiger partial charge in [0.25, 0.3) is 0 Å². The first-order chi connectivity index (χ1) is 11.1. The van der Waals surface area contributed by atoms with Crippen LogP contribution in [0.3, 0.4) is 0 Å². The zero-order chi connectivity index (χ0) is 16.4. The number of hydrogen-bond acceptors (Lipinski definition) is 4. The van der Waals surface area contributed by atoms with Crippen molar-refractivity contribution in [3.05, 3.63) is 48.0 Å². The largest absolute Gasteiger partial charge is 0.508 e. The van der Waals surface area contributed by atoms with Crippen molar-refractivity contribution < 1.29 is 9.90 Å². The van der Waals surface area contributed by atoms with Crippen molar-refractivity contribution in [2.75, 3.05) is 18.0 Å². The van der Waals surface area contributed by atoms with E-state index < -0.39 is 0 Å². The third kappa shape index (κ3) is 3.24. The molecule has 120 valence electrons. The van der Waals surface area contributed by atoms with E-state index in [1.165, 1.54) is 9.88 Å². The fraction of sp³-hybridized carbons (Fsp3) is 0.278. The minimum absolute atomic E-state index is 0.219. The number of aromatic hydroxyl groups is 1. The van der Waals surface area contributed by atoms with Gasteiger partial charge in [0.2, 0.25) is 5.91 Å². The van der Waals surface area contributed by atoms with Crippen molar-refractivity contribution in [3.8, 4) is 16.2 Å². The summed E-state index contributed by atoms with van der Waals surface area (Å²) in [7, 11) is 0. The van der Waals surface area contributed by atoms with E-state index in [2.05, 4.69) is 17.0 Å². The number of hydrogen-bond donors (Lipinski definition) is 2. The molecule has 1 aromatic heterocycles. The van der Waals surface area contributed by atoms with Crippen molar-refractivity contribution in [3.63, 3.8) is 0 Å². The van der Waals surface area contributed by atoms with Gasteiger partial charge in [0, 0.05) is 29.5 Å². The highest BCUT2D eigenvalue weighted by molar-refractivity contribution is 7.19. The van der Waals surface area contributed by atoms with Crippen LogP contribution in [0.25, 0.3) is 10.4 Å². The first-order valence-electron chi connectivity index (χ1n) is 7.68. The maximum atomic E-state index is 11.5. The summed E-state index contributed by atoms with van der Waals surface area (Å²) in [5.41, 5.74) is 7.30. The molecule has 0 aliphatic carbocycles. The zero-order valence-corrected chi connectivity index (χ0v) is 13.8. The van der Waals surface area contributed by atoms with Gasteiger partial charge in [-0.1, -0.05) is 6.08 Å². The normalized spacial score (nSPS) is 18.4. The predicted octanol–water partition coefficient (Wildman–Crippen LogP) is 3.38. The molecule has 1 aromatic carbocycles. The second-order valence-electron chi connectivity index (χ2n) is 5.72. The second-order valence-corrected chi connectivity index (χ2v) is 6.79. The molecule has 1 aliphatic heterocycles. The van der Waals surface area contributed by atoms with Gasteiger partial charge in [0.05, 0.1) is 5.00 Å². The van der Waals surface area contributed by atoms with Crippen LogP contribution in [-0.4, -0.2) is 24.1 Å². The Morgan fingerprint density at radius 3 is 2.70 bits per heavy atom. The van der Waals surface area contributed by atoms with Crippen LogP contribution in [0.5, 0.6) is 5.75 Å². The lowest BCUT2D eigenvalue weighted by molar-refractivity contribution is -0.115. The molecule has 0 spiro atoms. The number of benzene rings is 1. The molecular formula is C18H20N2O2S. The highest BCUT2D eigenvalue weighted by Crippen LogP contribution is 2.37. The van der Waals surface area contributed by atoms with Gasteiger partial charge in [-0.05, 0) is 55.3 Å². The molecule has 0 saturated carbocycles. The number of carbonyl (C=O) groups is 1. The number of rotatable bonds is 4. The molecule has 3 rings (SSSR count). The second kappa shape index (κ2) is 6.46. The first-order valence-corrected chi connectivity index (χ1v) is 8.50. The summed E-state index contributed by atoms with van der Waals surface area (Å²) in [6.07, 6.45) is 2.79. The topological polar surface area (TPSA) is 66.6 Å². The summed E-state index contributed by atoms with van der Waals surface area (Å²) in [4.78, 5) is 15.0. The minimum Gasteiger partial charge on any atom is -0.508 e. The highest BCUT2D eigenvalue weighted by Gasteiger charge is 2.28. The van der Waals surface area contributed by atoms with E-state index in [1.807, 2.05) is 25.1 Å². The number of thiophene rings is 1. The Morgan fingerprint density at radius 2 is 2.04 bits per heavy atom. The van der Waals surface area contributed by atoms with Crippen LogP contribution >= 0.6 is 11.3 Å². The Morgan fingerprint density at radius 1 is 1.30 bits per heavy atom. The van der Waals surface area contributed by atoms with Crippen LogP contribution in [0, 0.1) is 5.92 Å². The number of anilines is 1. The molecule has 1 aliphatic rings. The summed E-state index contributed by atoms with van der Waals surface area (Å²) in [6.45, 7) is 3.64. The molecule has 0 bridgehead atoms. The van der Waals surface area contributed by atoms with Gasteiger partial charge >= 0.3 is 0 Å². The Balaban J connectivity index is 1.74. The lowest BCUT2D eigenvalue weighted by atomic mass is 9.97. The smallest absolute Gasteiger partial charge is 0.244 e. The van der Waals surface area contributed by atoms with E-state index in [9.17, 15) is 9.90 Å². The number of carbonyl (C=O) groups excluding carboxylic acids is 1. The summed E-state index contributed by atoms with van der Waals surface area (Å²) < 4.78 is 0. The number of allylic oxidation sites excluding steroid dienone is 1. The summed E-state index contributed by atoms with van der Waals surface area (Å²) in [5.74, 6) is 0.185. The Hall–Kier alpha value is -2.27. The average molecular weight is 328 g/mol. The third-order valence-corrected chi connectivity index (χ3v) is 5.47. The summed E-state index contributed by atoms with van der Waals surface area (Å²) in [5, 5.41) is 10.6. The number of phenolic OH excluding ortho intramolecular Hbond substituents is 1. The van der Waals surface area contributed by atoms with Crippen LogP contribution in [0.4, 0.5) is 5.00 Å². The van der Waals surface area contributed by atoms with Gasteiger partial charge in [0.15, 0.2) is 0 Å². The number of primary amides is 1. The molecule has 4 nitrogen and oxygen atoms in total. The van der Waals surface area contributed by atoms with Crippen LogP contribution in [0.15, 0.2) is 48.0 Å². The zero-order valence-electron chi connectivity index (χ0n) is 13.0. The third-order valence-electron chi connectivity index (χ3n) is 4.28. The van der Waals surface area contributed by atoms with Crippen LogP contribution in [0.1, 0.15) is 13.3 Å². The minimum atomic E-state index is -0.310. The number of phenols is 1.